The zero-order valence-corrected chi connectivity index (χ0v) is 17.8. The van der Waals surface area contributed by atoms with Gasteiger partial charge in [0.25, 0.3) is 0 Å². The van der Waals surface area contributed by atoms with E-state index in [-0.39, 0.29) is 23.9 Å². The van der Waals surface area contributed by atoms with Crippen molar-refractivity contribution in [1.29, 1.82) is 5.26 Å². The molecule has 1 atom stereocenters. The minimum Gasteiger partial charge on any atom is -0.381 e. The van der Waals surface area contributed by atoms with Crippen molar-refractivity contribution in [2.45, 2.75) is 37.8 Å². The van der Waals surface area contributed by atoms with Gasteiger partial charge >= 0.3 is 6.18 Å². The van der Waals surface area contributed by atoms with E-state index >= 15 is 0 Å². The second-order valence-electron chi connectivity index (χ2n) is 7.80. The van der Waals surface area contributed by atoms with Gasteiger partial charge in [-0.3, -0.25) is 14.9 Å². The molecule has 0 spiro atoms. The van der Waals surface area contributed by atoms with Gasteiger partial charge in [0, 0.05) is 38.1 Å². The average molecular weight is 462 g/mol. The van der Waals surface area contributed by atoms with E-state index < -0.39 is 23.8 Å². The number of hydrogen-bond acceptors (Lipinski definition) is 6. The molecule has 0 radical (unpaired) electrons. The Bertz CT molecular complexity index is 1110. The number of allylic oxidation sites excluding steroid dienone is 1. The van der Waals surface area contributed by atoms with Crippen molar-refractivity contribution in [3.8, 4) is 17.5 Å². The molecular weight excluding hydrogens is 440 g/mol. The highest BCUT2D eigenvalue weighted by Crippen LogP contribution is 2.35. The summed E-state index contributed by atoms with van der Waals surface area (Å²) in [5, 5.41) is 12.7. The van der Waals surface area contributed by atoms with E-state index in [4.69, 9.17) is 4.74 Å². The summed E-state index contributed by atoms with van der Waals surface area (Å²) >= 11 is 0. The molecule has 1 saturated heterocycles. The van der Waals surface area contributed by atoms with Crippen LogP contribution in [0.25, 0.3) is 17.2 Å². The minimum absolute atomic E-state index is 0.0132. The number of rotatable bonds is 5. The topological polar surface area (TPSA) is 78.5 Å². The lowest BCUT2D eigenvalue weighted by molar-refractivity contribution is -0.139. The number of imidazole rings is 1. The van der Waals surface area contributed by atoms with Crippen LogP contribution in [0.3, 0.4) is 0 Å². The molecule has 1 N–H and O–H groups in total. The monoisotopic (exact) mass is 462 g/mol. The molecule has 1 unspecified atom stereocenters. The number of alkyl halides is 3. The minimum atomic E-state index is -4.85. The molecule has 1 aromatic carbocycles. The molecule has 2 aliphatic rings. The highest BCUT2D eigenvalue weighted by atomic mass is 19.4. The van der Waals surface area contributed by atoms with E-state index in [1.54, 1.807) is 23.9 Å². The fourth-order valence-electron chi connectivity index (χ4n) is 3.93. The normalized spacial score (nSPS) is 19.5. The second kappa shape index (κ2) is 9.33. The van der Waals surface area contributed by atoms with E-state index in [2.05, 4.69) is 21.4 Å². The number of aromatic nitrogens is 2. The molecule has 1 aromatic heterocycles. The first-order chi connectivity index (χ1) is 15.8. The lowest BCUT2D eigenvalue weighted by Gasteiger charge is -2.36. The van der Waals surface area contributed by atoms with Crippen LogP contribution in [-0.2, 0) is 17.3 Å². The van der Waals surface area contributed by atoms with Crippen molar-refractivity contribution in [3.05, 3.63) is 47.5 Å². The summed E-state index contributed by atoms with van der Waals surface area (Å²) in [7, 11) is 1.80. The van der Waals surface area contributed by atoms with E-state index in [9.17, 15) is 22.8 Å². The lowest BCUT2D eigenvalue weighted by Crippen LogP contribution is -2.49. The van der Waals surface area contributed by atoms with Crippen LogP contribution in [0, 0.1) is 17.1 Å². The predicted octanol–water partition coefficient (Wildman–Crippen LogP) is 3.64. The maximum atomic E-state index is 13.9. The van der Waals surface area contributed by atoms with Crippen molar-refractivity contribution >= 4 is 12.0 Å². The van der Waals surface area contributed by atoms with Crippen molar-refractivity contribution in [2.24, 2.45) is 4.99 Å². The Labute approximate surface area is 188 Å². The number of benzene rings is 1. The zero-order valence-electron chi connectivity index (χ0n) is 17.8. The summed E-state index contributed by atoms with van der Waals surface area (Å²) in [6.45, 7) is 1.31. The summed E-state index contributed by atoms with van der Waals surface area (Å²) in [6.07, 6.45) is 1.14. The van der Waals surface area contributed by atoms with E-state index in [1.165, 1.54) is 12.3 Å². The highest BCUT2D eigenvalue weighted by Gasteiger charge is 2.35. The molecule has 0 bridgehead atoms. The van der Waals surface area contributed by atoms with E-state index in [1.807, 2.05) is 4.90 Å². The predicted molar refractivity (Wildman–Crippen MR) is 113 cm³/mol. The zero-order chi connectivity index (χ0) is 23.6. The molecule has 3 heterocycles. The molecule has 1 fully saturated rings. The van der Waals surface area contributed by atoms with Gasteiger partial charge in [-0.25, -0.2) is 9.37 Å². The summed E-state index contributed by atoms with van der Waals surface area (Å²) < 4.78 is 60.7. The fraction of sp³-hybridized carbons (Fsp3) is 0.409. The molecule has 33 heavy (non-hydrogen) atoms. The third kappa shape index (κ3) is 4.77. The standard InChI is InChI=1S/C22H22F4N6O/c1-31-19(5-9-28-21(31)30-15-6-10-33-11-7-15)32-16(4-8-27)13-29-20(32)14-2-3-18(23)17(12-14)22(24,25)26/h2-3,5,9,12-13,15,21,30H,4,6-7,10-11H2,1H3. The Hall–Kier alpha value is -3.23. The van der Waals surface area contributed by atoms with Gasteiger partial charge in [-0.05, 0) is 37.1 Å². The first kappa shape index (κ1) is 22.9. The van der Waals surface area contributed by atoms with Crippen LogP contribution < -0.4 is 5.32 Å². The van der Waals surface area contributed by atoms with Gasteiger partial charge in [0.05, 0.1) is 29.9 Å². The molecule has 2 aromatic rings. The molecule has 7 nitrogen and oxygen atoms in total. The molecule has 174 valence electrons. The SMILES string of the molecule is CN1C(n2c(CC#N)cnc2-c2ccc(F)c(C(F)(F)F)c2)=CC=NC1NC1CCOCC1. The van der Waals surface area contributed by atoms with Crippen molar-refractivity contribution in [3.63, 3.8) is 0 Å². The number of nitrogens with one attached hydrogen (secondary N) is 1. The van der Waals surface area contributed by atoms with Gasteiger partial charge in [0.15, 0.2) is 6.29 Å². The Morgan fingerprint density at radius 2 is 2.03 bits per heavy atom. The highest BCUT2D eigenvalue weighted by molar-refractivity contribution is 5.82. The number of ether oxygens (including phenoxy) is 1. The summed E-state index contributed by atoms with van der Waals surface area (Å²) in [6, 6.07) is 5.01. The summed E-state index contributed by atoms with van der Waals surface area (Å²) in [5.41, 5.74) is -0.801. The smallest absolute Gasteiger partial charge is 0.381 e. The third-order valence-electron chi connectivity index (χ3n) is 5.64. The van der Waals surface area contributed by atoms with Gasteiger partial charge in [-0.2, -0.15) is 18.4 Å². The molecule has 11 heteroatoms. The molecule has 2 aliphatic heterocycles. The first-order valence-electron chi connectivity index (χ1n) is 10.4. The van der Waals surface area contributed by atoms with Gasteiger partial charge < -0.3 is 9.64 Å². The lowest BCUT2D eigenvalue weighted by atomic mass is 10.1. The van der Waals surface area contributed by atoms with Crippen molar-refractivity contribution < 1.29 is 22.3 Å². The van der Waals surface area contributed by atoms with E-state index in [0.717, 1.165) is 25.0 Å². The van der Waals surface area contributed by atoms with Crippen LogP contribution in [0.4, 0.5) is 17.6 Å². The van der Waals surface area contributed by atoms with Crippen molar-refractivity contribution in [2.75, 3.05) is 20.3 Å². The van der Waals surface area contributed by atoms with Crippen LogP contribution in [-0.4, -0.2) is 53.3 Å². The van der Waals surface area contributed by atoms with Crippen LogP contribution >= 0.6 is 0 Å². The Morgan fingerprint density at radius 1 is 1.27 bits per heavy atom. The molecule has 4 rings (SSSR count). The maximum absolute atomic E-state index is 13.9. The van der Waals surface area contributed by atoms with Crippen LogP contribution in [0.2, 0.25) is 0 Å². The largest absolute Gasteiger partial charge is 0.419 e. The molecule has 0 aliphatic carbocycles. The number of nitriles is 1. The number of hydrogen-bond donors (Lipinski definition) is 1. The van der Waals surface area contributed by atoms with Crippen LogP contribution in [0.1, 0.15) is 24.1 Å². The average Bonchev–Trinajstić information content (AvgIpc) is 3.19. The molecular formula is C22H22F4N6O. The molecule has 0 saturated carbocycles. The summed E-state index contributed by atoms with van der Waals surface area (Å²) in [5.74, 6) is -0.613. The third-order valence-corrected chi connectivity index (χ3v) is 5.64. The maximum Gasteiger partial charge on any atom is 0.419 e. The number of halogens is 4. The Morgan fingerprint density at radius 3 is 2.73 bits per heavy atom. The van der Waals surface area contributed by atoms with Crippen LogP contribution in [0.15, 0.2) is 35.5 Å². The Kier molecular flexibility index (Phi) is 6.49. The van der Waals surface area contributed by atoms with Crippen LogP contribution in [0.5, 0.6) is 0 Å². The summed E-state index contributed by atoms with van der Waals surface area (Å²) in [4.78, 5) is 10.6. The van der Waals surface area contributed by atoms with Gasteiger partial charge in [0.1, 0.15) is 17.5 Å². The fourth-order valence-corrected chi connectivity index (χ4v) is 3.93. The second-order valence-corrected chi connectivity index (χ2v) is 7.80. The quantitative estimate of drug-likeness (QED) is 0.687. The van der Waals surface area contributed by atoms with E-state index in [0.29, 0.717) is 24.7 Å². The number of nitrogens with zero attached hydrogens (tertiary/aromatic N) is 5. The van der Waals surface area contributed by atoms with Gasteiger partial charge in [0.2, 0.25) is 0 Å². The Balaban J connectivity index is 1.72. The van der Waals surface area contributed by atoms with Gasteiger partial charge in [-0.1, -0.05) is 0 Å². The van der Waals surface area contributed by atoms with Crippen molar-refractivity contribution in [1.82, 2.24) is 19.8 Å². The molecule has 0 amide bonds. The van der Waals surface area contributed by atoms with Gasteiger partial charge in [-0.15, -0.1) is 0 Å². The number of aliphatic imine (C=N–C) groups is 1. The first-order valence-corrected chi connectivity index (χ1v) is 10.4.